The number of aromatic nitrogens is 2. The Hall–Kier alpha value is -1.66. The molecule has 3 heterocycles. The van der Waals surface area contributed by atoms with Gasteiger partial charge in [0.1, 0.15) is 12.6 Å². The Morgan fingerprint density at radius 3 is 2.96 bits per heavy atom. The van der Waals surface area contributed by atoms with Crippen molar-refractivity contribution in [2.45, 2.75) is 12.6 Å². The molecule has 0 bridgehead atoms. The summed E-state index contributed by atoms with van der Waals surface area (Å²) in [7, 11) is 5.37. The van der Waals surface area contributed by atoms with E-state index < -0.39 is 0 Å². The van der Waals surface area contributed by atoms with Gasteiger partial charge in [-0.25, -0.2) is 4.99 Å². The normalized spacial score (nSPS) is 17.2. The summed E-state index contributed by atoms with van der Waals surface area (Å²) in [5.41, 5.74) is 1.05. The molecule has 1 aliphatic heterocycles. The van der Waals surface area contributed by atoms with Crippen molar-refractivity contribution in [3.05, 3.63) is 40.3 Å². The highest BCUT2D eigenvalue weighted by molar-refractivity contribution is 14.0. The molecule has 1 saturated heterocycles. The number of halogens is 1. The summed E-state index contributed by atoms with van der Waals surface area (Å²) >= 11 is 1.69. The van der Waals surface area contributed by atoms with Crippen LogP contribution >= 0.6 is 35.3 Å². The number of aliphatic imine (C=N–C) groups is 1. The van der Waals surface area contributed by atoms with Crippen LogP contribution in [0.2, 0.25) is 0 Å². The van der Waals surface area contributed by atoms with Crippen molar-refractivity contribution in [2.75, 3.05) is 40.3 Å². The molecule has 0 saturated carbocycles. The number of morpholine rings is 1. The lowest BCUT2D eigenvalue weighted by Gasteiger charge is -2.35. The number of rotatable bonds is 5. The van der Waals surface area contributed by atoms with Crippen LogP contribution in [-0.4, -0.2) is 71.8 Å². The number of carbonyl (C=O) groups excluding carboxylic acids is 1. The van der Waals surface area contributed by atoms with Crippen molar-refractivity contribution in [3.63, 3.8) is 0 Å². The molecule has 2 aromatic rings. The SMILES string of the molecule is CN(C)C(=O)CN=C(NCc1cccs1)N1CCOC(c2cnn(C)c2)C1.I. The number of carbonyl (C=O) groups is 1. The van der Waals surface area contributed by atoms with Crippen molar-refractivity contribution in [1.82, 2.24) is 24.9 Å². The summed E-state index contributed by atoms with van der Waals surface area (Å²) in [4.78, 5) is 21.5. The third kappa shape index (κ3) is 6.17. The smallest absolute Gasteiger partial charge is 0.243 e. The highest BCUT2D eigenvalue weighted by atomic mass is 127. The van der Waals surface area contributed by atoms with E-state index in [-0.39, 0.29) is 42.5 Å². The van der Waals surface area contributed by atoms with E-state index in [2.05, 4.69) is 31.8 Å². The monoisotopic (exact) mass is 518 g/mol. The van der Waals surface area contributed by atoms with E-state index in [4.69, 9.17) is 4.74 Å². The molecule has 8 nitrogen and oxygen atoms in total. The molecule has 3 rings (SSSR count). The van der Waals surface area contributed by atoms with E-state index in [0.29, 0.717) is 19.7 Å². The lowest BCUT2D eigenvalue weighted by molar-refractivity contribution is -0.127. The van der Waals surface area contributed by atoms with Gasteiger partial charge in [0.15, 0.2) is 5.96 Å². The highest BCUT2D eigenvalue weighted by Crippen LogP contribution is 2.21. The van der Waals surface area contributed by atoms with E-state index in [0.717, 1.165) is 18.1 Å². The maximum atomic E-state index is 12.0. The predicted molar refractivity (Wildman–Crippen MR) is 121 cm³/mol. The van der Waals surface area contributed by atoms with Gasteiger partial charge in [0.25, 0.3) is 0 Å². The molecule has 1 amide bonds. The van der Waals surface area contributed by atoms with Crippen LogP contribution in [0.4, 0.5) is 0 Å². The van der Waals surface area contributed by atoms with E-state index in [9.17, 15) is 4.79 Å². The Morgan fingerprint density at radius 1 is 1.50 bits per heavy atom. The van der Waals surface area contributed by atoms with Crippen molar-refractivity contribution >= 4 is 47.2 Å². The molecule has 28 heavy (non-hydrogen) atoms. The van der Waals surface area contributed by atoms with Crippen LogP contribution in [0.1, 0.15) is 16.5 Å². The van der Waals surface area contributed by atoms with Gasteiger partial charge in [0, 0.05) is 44.3 Å². The standard InChI is InChI=1S/C18H26N6O2S.HI/c1-22(2)17(25)11-20-18(19-10-15-5-4-8-27-15)24-6-7-26-16(13-24)14-9-21-23(3)12-14;/h4-5,8-9,12,16H,6-7,10-11,13H2,1-3H3,(H,19,20);1H. The first kappa shape index (κ1) is 22.6. The minimum absolute atomic E-state index is 0. The molecule has 1 atom stereocenters. The molecule has 0 aromatic carbocycles. The fourth-order valence-electron chi connectivity index (χ4n) is 2.78. The van der Waals surface area contributed by atoms with Crippen LogP contribution in [0.15, 0.2) is 34.9 Å². The average Bonchev–Trinajstić information content (AvgIpc) is 3.33. The van der Waals surface area contributed by atoms with Gasteiger partial charge in [-0.2, -0.15) is 5.10 Å². The number of ether oxygens (including phenoxy) is 1. The molecule has 0 aliphatic carbocycles. The Labute approximate surface area is 186 Å². The topological polar surface area (TPSA) is 75.0 Å². The second-order valence-electron chi connectivity index (χ2n) is 6.61. The molecule has 1 fully saturated rings. The van der Waals surface area contributed by atoms with Crippen LogP contribution < -0.4 is 5.32 Å². The molecule has 1 aliphatic rings. The van der Waals surface area contributed by atoms with Gasteiger partial charge in [-0.15, -0.1) is 35.3 Å². The number of guanidine groups is 1. The Bertz CT molecular complexity index is 777. The van der Waals surface area contributed by atoms with Crippen LogP contribution in [0, 0.1) is 0 Å². The van der Waals surface area contributed by atoms with E-state index in [1.165, 1.54) is 4.88 Å². The Morgan fingerprint density at radius 2 is 2.32 bits per heavy atom. The minimum atomic E-state index is -0.0641. The number of likely N-dealkylation sites (N-methyl/N-ethyl adjacent to an activating group) is 1. The number of thiophene rings is 1. The Balaban J connectivity index is 0.00000280. The summed E-state index contributed by atoms with van der Waals surface area (Å²) < 4.78 is 7.70. The first-order valence-electron chi connectivity index (χ1n) is 8.89. The number of hydrogen-bond donors (Lipinski definition) is 1. The van der Waals surface area contributed by atoms with Gasteiger partial charge >= 0.3 is 0 Å². The number of nitrogens with one attached hydrogen (secondary N) is 1. The predicted octanol–water partition coefficient (Wildman–Crippen LogP) is 1.71. The van der Waals surface area contributed by atoms with Gasteiger partial charge < -0.3 is 19.9 Å². The quantitative estimate of drug-likeness (QED) is 0.371. The molecule has 0 spiro atoms. The molecule has 1 N–H and O–H groups in total. The molecule has 0 radical (unpaired) electrons. The van der Waals surface area contributed by atoms with E-state index >= 15 is 0 Å². The fraction of sp³-hybridized carbons (Fsp3) is 0.500. The third-order valence-electron chi connectivity index (χ3n) is 4.33. The van der Waals surface area contributed by atoms with Crippen LogP contribution in [0.25, 0.3) is 0 Å². The molecule has 2 aromatic heterocycles. The highest BCUT2D eigenvalue weighted by Gasteiger charge is 2.25. The van der Waals surface area contributed by atoms with Crippen molar-refractivity contribution < 1.29 is 9.53 Å². The van der Waals surface area contributed by atoms with Gasteiger partial charge in [-0.05, 0) is 11.4 Å². The lowest BCUT2D eigenvalue weighted by Crippen LogP contribution is -2.48. The van der Waals surface area contributed by atoms with Crippen LogP contribution in [-0.2, 0) is 23.1 Å². The summed E-state index contributed by atoms with van der Waals surface area (Å²) in [6, 6.07) is 4.11. The molecule has 10 heteroatoms. The Kier molecular flexibility index (Phi) is 8.70. The number of amides is 1. The van der Waals surface area contributed by atoms with Gasteiger partial charge in [-0.1, -0.05) is 6.07 Å². The first-order valence-corrected chi connectivity index (χ1v) is 9.77. The minimum Gasteiger partial charge on any atom is -0.370 e. The molecule has 154 valence electrons. The number of hydrogen-bond acceptors (Lipinski definition) is 5. The zero-order valence-electron chi connectivity index (χ0n) is 16.4. The van der Waals surface area contributed by atoms with Gasteiger partial charge in [-0.3, -0.25) is 9.48 Å². The zero-order chi connectivity index (χ0) is 19.2. The number of aryl methyl sites for hydroxylation is 1. The van der Waals surface area contributed by atoms with Gasteiger partial charge in [0.2, 0.25) is 5.91 Å². The van der Waals surface area contributed by atoms with Crippen molar-refractivity contribution in [1.29, 1.82) is 0 Å². The number of nitrogens with zero attached hydrogens (tertiary/aromatic N) is 5. The van der Waals surface area contributed by atoms with E-state index in [1.54, 1.807) is 35.0 Å². The van der Waals surface area contributed by atoms with Crippen molar-refractivity contribution in [3.8, 4) is 0 Å². The van der Waals surface area contributed by atoms with E-state index in [1.807, 2.05) is 25.5 Å². The third-order valence-corrected chi connectivity index (χ3v) is 5.20. The van der Waals surface area contributed by atoms with Crippen LogP contribution in [0.5, 0.6) is 0 Å². The fourth-order valence-corrected chi connectivity index (χ4v) is 3.43. The van der Waals surface area contributed by atoms with Crippen molar-refractivity contribution in [2.24, 2.45) is 12.0 Å². The molecular formula is C18H27IN6O2S. The largest absolute Gasteiger partial charge is 0.370 e. The summed E-state index contributed by atoms with van der Waals surface area (Å²) in [6.45, 7) is 2.79. The van der Waals surface area contributed by atoms with Crippen LogP contribution in [0.3, 0.4) is 0 Å². The maximum Gasteiger partial charge on any atom is 0.243 e. The first-order chi connectivity index (χ1) is 13.0. The summed E-state index contributed by atoms with van der Waals surface area (Å²) in [5, 5.41) is 9.69. The molecular weight excluding hydrogens is 491 g/mol. The average molecular weight is 518 g/mol. The lowest BCUT2D eigenvalue weighted by atomic mass is 10.1. The zero-order valence-corrected chi connectivity index (χ0v) is 19.5. The summed E-state index contributed by atoms with van der Waals surface area (Å²) in [6.07, 6.45) is 3.74. The summed E-state index contributed by atoms with van der Waals surface area (Å²) in [5.74, 6) is 0.707. The van der Waals surface area contributed by atoms with Gasteiger partial charge in [0.05, 0.1) is 25.9 Å². The maximum absolute atomic E-state index is 12.0. The molecule has 1 unspecified atom stereocenters. The second kappa shape index (κ2) is 10.8. The second-order valence-corrected chi connectivity index (χ2v) is 7.65.